The summed E-state index contributed by atoms with van der Waals surface area (Å²) in [5.41, 5.74) is 5.07. The standard InChI is InChI=1S/C12H17N3O4/c1-12(2,7-13)14-11(16)8-4-5-9(15(17)18)10(6-8)19-3/h4-6H,7,13H2,1-3H3,(H,14,16). The second kappa shape index (κ2) is 5.66. The van der Waals surface area contributed by atoms with Gasteiger partial charge in [-0.1, -0.05) is 0 Å². The minimum absolute atomic E-state index is 0.0446. The van der Waals surface area contributed by atoms with Crippen LogP contribution in [0.5, 0.6) is 5.75 Å². The third kappa shape index (κ3) is 3.65. The maximum absolute atomic E-state index is 12.0. The van der Waals surface area contributed by atoms with Crippen molar-refractivity contribution in [1.29, 1.82) is 0 Å². The van der Waals surface area contributed by atoms with E-state index >= 15 is 0 Å². The van der Waals surface area contributed by atoms with Crippen LogP contribution in [0.4, 0.5) is 5.69 Å². The van der Waals surface area contributed by atoms with Gasteiger partial charge in [-0.15, -0.1) is 0 Å². The Bertz CT molecular complexity index is 500. The molecule has 0 saturated carbocycles. The predicted molar refractivity (Wildman–Crippen MR) is 70.2 cm³/mol. The molecule has 1 aromatic carbocycles. The first kappa shape index (κ1) is 14.9. The molecular formula is C12H17N3O4. The van der Waals surface area contributed by atoms with Crippen LogP contribution in [0.15, 0.2) is 18.2 Å². The van der Waals surface area contributed by atoms with Gasteiger partial charge in [0.25, 0.3) is 5.91 Å². The van der Waals surface area contributed by atoms with E-state index in [9.17, 15) is 14.9 Å². The molecule has 0 saturated heterocycles. The van der Waals surface area contributed by atoms with Crippen molar-refractivity contribution in [3.8, 4) is 5.75 Å². The maximum atomic E-state index is 12.0. The van der Waals surface area contributed by atoms with Gasteiger partial charge in [0.05, 0.1) is 12.0 Å². The Labute approximate surface area is 110 Å². The van der Waals surface area contributed by atoms with Gasteiger partial charge in [0, 0.05) is 29.8 Å². The molecule has 0 heterocycles. The molecule has 104 valence electrons. The molecule has 0 aliphatic heterocycles. The lowest BCUT2D eigenvalue weighted by Crippen LogP contribution is -2.48. The Morgan fingerprint density at radius 3 is 2.63 bits per heavy atom. The number of methoxy groups -OCH3 is 1. The lowest BCUT2D eigenvalue weighted by molar-refractivity contribution is -0.385. The fourth-order valence-corrected chi connectivity index (χ4v) is 1.40. The average Bonchev–Trinajstić information content (AvgIpc) is 2.37. The minimum atomic E-state index is -0.565. The molecule has 1 amide bonds. The van der Waals surface area contributed by atoms with E-state index in [-0.39, 0.29) is 29.5 Å². The number of nitrogens with one attached hydrogen (secondary N) is 1. The molecule has 1 aromatic rings. The summed E-state index contributed by atoms with van der Waals surface area (Å²) < 4.78 is 4.91. The van der Waals surface area contributed by atoms with Crippen LogP contribution in [0.3, 0.4) is 0 Å². The highest BCUT2D eigenvalue weighted by atomic mass is 16.6. The second-order valence-corrected chi connectivity index (χ2v) is 4.69. The van der Waals surface area contributed by atoms with Crippen LogP contribution in [-0.4, -0.2) is 30.0 Å². The number of amides is 1. The third-order valence-electron chi connectivity index (χ3n) is 2.60. The van der Waals surface area contributed by atoms with Gasteiger partial charge in [-0.3, -0.25) is 14.9 Å². The van der Waals surface area contributed by atoms with E-state index in [1.165, 1.54) is 25.3 Å². The molecule has 19 heavy (non-hydrogen) atoms. The Balaban J connectivity index is 3.03. The van der Waals surface area contributed by atoms with Gasteiger partial charge in [0.2, 0.25) is 0 Å². The fourth-order valence-electron chi connectivity index (χ4n) is 1.40. The molecule has 0 radical (unpaired) electrons. The van der Waals surface area contributed by atoms with Gasteiger partial charge in [-0.2, -0.15) is 0 Å². The first-order valence-electron chi connectivity index (χ1n) is 5.66. The lowest BCUT2D eigenvalue weighted by atomic mass is 10.0. The van der Waals surface area contributed by atoms with Gasteiger partial charge in [-0.05, 0) is 19.9 Å². The van der Waals surface area contributed by atoms with Crippen molar-refractivity contribution in [2.24, 2.45) is 5.73 Å². The number of hydrogen-bond donors (Lipinski definition) is 2. The molecule has 0 aromatic heterocycles. The van der Waals surface area contributed by atoms with Crippen LogP contribution < -0.4 is 15.8 Å². The van der Waals surface area contributed by atoms with Gasteiger partial charge in [0.15, 0.2) is 5.75 Å². The SMILES string of the molecule is COc1cc(C(=O)NC(C)(C)CN)ccc1[N+](=O)[O-]. The van der Waals surface area contributed by atoms with Crippen LogP contribution in [-0.2, 0) is 0 Å². The topological polar surface area (TPSA) is 107 Å². The maximum Gasteiger partial charge on any atom is 0.310 e. The molecule has 0 bridgehead atoms. The van der Waals surface area contributed by atoms with Gasteiger partial charge >= 0.3 is 5.69 Å². The monoisotopic (exact) mass is 267 g/mol. The zero-order valence-electron chi connectivity index (χ0n) is 11.1. The largest absolute Gasteiger partial charge is 0.490 e. The van der Waals surface area contributed by atoms with Crippen LogP contribution in [0, 0.1) is 10.1 Å². The molecule has 3 N–H and O–H groups in total. The highest BCUT2D eigenvalue weighted by Crippen LogP contribution is 2.27. The fraction of sp³-hybridized carbons (Fsp3) is 0.417. The number of nitro benzene ring substituents is 1. The number of nitrogens with two attached hydrogens (primary N) is 1. The molecule has 7 heteroatoms. The summed E-state index contributed by atoms with van der Waals surface area (Å²) in [5.74, 6) is -0.313. The van der Waals surface area contributed by atoms with Crippen molar-refractivity contribution >= 4 is 11.6 Å². The van der Waals surface area contributed by atoms with Crippen molar-refractivity contribution in [3.05, 3.63) is 33.9 Å². The number of rotatable bonds is 5. The summed E-state index contributed by atoms with van der Waals surface area (Å²) in [6.45, 7) is 3.85. The molecule has 1 rings (SSSR count). The second-order valence-electron chi connectivity index (χ2n) is 4.69. The van der Waals surface area contributed by atoms with E-state index in [1.807, 2.05) is 0 Å². The van der Waals surface area contributed by atoms with E-state index in [0.717, 1.165) is 0 Å². The van der Waals surface area contributed by atoms with Gasteiger partial charge < -0.3 is 15.8 Å². The van der Waals surface area contributed by atoms with Crippen LogP contribution in [0.1, 0.15) is 24.2 Å². The number of carbonyl (C=O) groups is 1. The molecule has 0 unspecified atom stereocenters. The molecule has 0 atom stereocenters. The third-order valence-corrected chi connectivity index (χ3v) is 2.60. The van der Waals surface area contributed by atoms with Gasteiger partial charge in [0.1, 0.15) is 0 Å². The number of benzene rings is 1. The summed E-state index contributed by atoms with van der Waals surface area (Å²) in [4.78, 5) is 22.2. The highest BCUT2D eigenvalue weighted by Gasteiger charge is 2.22. The highest BCUT2D eigenvalue weighted by molar-refractivity contribution is 5.95. The number of ether oxygens (including phenoxy) is 1. The summed E-state index contributed by atoms with van der Waals surface area (Å²) in [6, 6.07) is 3.95. The number of carbonyl (C=O) groups excluding carboxylic acids is 1. The van der Waals surface area contributed by atoms with E-state index in [2.05, 4.69) is 5.32 Å². The average molecular weight is 267 g/mol. The Morgan fingerprint density at radius 2 is 2.16 bits per heavy atom. The Kier molecular flexibility index (Phi) is 4.44. The molecule has 7 nitrogen and oxygen atoms in total. The summed E-state index contributed by atoms with van der Waals surface area (Å²) >= 11 is 0. The zero-order chi connectivity index (χ0) is 14.6. The lowest BCUT2D eigenvalue weighted by Gasteiger charge is -2.24. The zero-order valence-corrected chi connectivity index (χ0v) is 11.1. The van der Waals surface area contributed by atoms with E-state index in [4.69, 9.17) is 10.5 Å². The number of nitrogens with zero attached hydrogens (tertiary/aromatic N) is 1. The van der Waals surface area contributed by atoms with E-state index < -0.39 is 10.5 Å². The number of nitro groups is 1. The van der Waals surface area contributed by atoms with Crippen LogP contribution in [0.2, 0.25) is 0 Å². The summed E-state index contributed by atoms with van der Waals surface area (Å²) in [6.07, 6.45) is 0. The molecule has 0 spiro atoms. The summed E-state index contributed by atoms with van der Waals surface area (Å²) in [5, 5.41) is 13.5. The molecule has 0 aliphatic carbocycles. The van der Waals surface area contributed by atoms with Crippen molar-refractivity contribution in [1.82, 2.24) is 5.32 Å². The van der Waals surface area contributed by atoms with Crippen molar-refractivity contribution in [3.63, 3.8) is 0 Å². The minimum Gasteiger partial charge on any atom is -0.490 e. The van der Waals surface area contributed by atoms with E-state index in [0.29, 0.717) is 0 Å². The smallest absolute Gasteiger partial charge is 0.310 e. The van der Waals surface area contributed by atoms with E-state index in [1.54, 1.807) is 13.8 Å². The number of hydrogen-bond acceptors (Lipinski definition) is 5. The van der Waals surface area contributed by atoms with Crippen molar-refractivity contribution < 1.29 is 14.5 Å². The quantitative estimate of drug-likeness (QED) is 0.613. The Hall–Kier alpha value is -2.15. The van der Waals surface area contributed by atoms with Crippen molar-refractivity contribution in [2.75, 3.05) is 13.7 Å². The molecule has 0 fully saturated rings. The molecule has 0 aliphatic rings. The molecular weight excluding hydrogens is 250 g/mol. The van der Waals surface area contributed by atoms with Crippen LogP contribution >= 0.6 is 0 Å². The Morgan fingerprint density at radius 1 is 1.53 bits per heavy atom. The predicted octanol–water partition coefficient (Wildman–Crippen LogP) is 1.07. The van der Waals surface area contributed by atoms with Crippen LogP contribution in [0.25, 0.3) is 0 Å². The first-order chi connectivity index (χ1) is 8.80. The summed E-state index contributed by atoms with van der Waals surface area (Å²) in [7, 11) is 1.31. The normalized spacial score (nSPS) is 10.9. The first-order valence-corrected chi connectivity index (χ1v) is 5.66. The van der Waals surface area contributed by atoms with Gasteiger partial charge in [-0.25, -0.2) is 0 Å². The van der Waals surface area contributed by atoms with Crippen molar-refractivity contribution in [2.45, 2.75) is 19.4 Å².